The van der Waals surface area contributed by atoms with Gasteiger partial charge in [0.05, 0.1) is 12.3 Å². The Kier molecular flexibility index (Phi) is 4.52. The summed E-state index contributed by atoms with van der Waals surface area (Å²) in [5.41, 5.74) is 1.39. The fraction of sp³-hybridized carbons (Fsp3) is 0.538. The van der Waals surface area contributed by atoms with Gasteiger partial charge >= 0.3 is 0 Å². The van der Waals surface area contributed by atoms with E-state index >= 15 is 0 Å². The van der Waals surface area contributed by atoms with Crippen LogP contribution in [0.1, 0.15) is 11.7 Å². The second kappa shape index (κ2) is 6.13. The van der Waals surface area contributed by atoms with E-state index in [0.717, 1.165) is 31.7 Å². The Hall–Kier alpha value is -1.17. The number of nitrogens with one attached hydrogen (secondary N) is 1. The minimum absolute atomic E-state index is 0.108. The second-order valence-electron chi connectivity index (χ2n) is 4.35. The number of anilines is 1. The Morgan fingerprint density at radius 3 is 2.78 bits per heavy atom. The number of hydrogen-bond donors (Lipinski definition) is 2. The standard InChI is InChI=1S/C13H19FN2O2/c1-18-13(9-17)10-2-3-11(14)12(8-10)16-6-4-15-5-7-16/h2-3,8,13,15,17H,4-7,9H2,1H3. The van der Waals surface area contributed by atoms with Crippen LogP contribution in [0.3, 0.4) is 0 Å². The maximum Gasteiger partial charge on any atom is 0.146 e. The molecule has 2 N–H and O–H groups in total. The summed E-state index contributed by atoms with van der Waals surface area (Å²) in [6.07, 6.45) is -0.396. The van der Waals surface area contributed by atoms with Crippen LogP contribution in [0, 0.1) is 5.82 Å². The molecule has 0 aliphatic carbocycles. The molecule has 1 aliphatic rings. The van der Waals surface area contributed by atoms with E-state index in [9.17, 15) is 9.50 Å². The molecule has 0 radical (unpaired) electrons. The maximum absolute atomic E-state index is 13.9. The molecule has 0 saturated carbocycles. The number of piperazine rings is 1. The molecule has 1 aliphatic heterocycles. The predicted molar refractivity (Wildman–Crippen MR) is 68.3 cm³/mol. The molecule has 18 heavy (non-hydrogen) atoms. The van der Waals surface area contributed by atoms with Crippen LogP contribution in [0.2, 0.25) is 0 Å². The highest BCUT2D eigenvalue weighted by Gasteiger charge is 2.17. The number of aliphatic hydroxyl groups is 1. The van der Waals surface area contributed by atoms with E-state index in [2.05, 4.69) is 5.32 Å². The first-order valence-corrected chi connectivity index (χ1v) is 6.15. The molecule has 1 atom stereocenters. The summed E-state index contributed by atoms with van der Waals surface area (Å²) in [5, 5.41) is 12.4. The van der Waals surface area contributed by atoms with Crippen molar-refractivity contribution in [1.29, 1.82) is 0 Å². The van der Waals surface area contributed by atoms with Crippen molar-refractivity contribution in [2.24, 2.45) is 0 Å². The molecule has 2 rings (SSSR count). The molecule has 1 aromatic rings. The lowest BCUT2D eigenvalue weighted by Gasteiger charge is -2.30. The van der Waals surface area contributed by atoms with Gasteiger partial charge in [0, 0.05) is 33.3 Å². The van der Waals surface area contributed by atoms with Gasteiger partial charge in [-0.05, 0) is 17.7 Å². The summed E-state index contributed by atoms with van der Waals surface area (Å²) in [5.74, 6) is -0.228. The fourth-order valence-electron chi connectivity index (χ4n) is 2.19. The van der Waals surface area contributed by atoms with Crippen LogP contribution in [-0.2, 0) is 4.74 Å². The quantitative estimate of drug-likeness (QED) is 0.838. The van der Waals surface area contributed by atoms with Crippen LogP contribution in [0.25, 0.3) is 0 Å². The van der Waals surface area contributed by atoms with Crippen molar-refractivity contribution in [3.8, 4) is 0 Å². The third-order valence-electron chi connectivity index (χ3n) is 3.25. The average Bonchev–Trinajstić information content (AvgIpc) is 2.43. The molecule has 0 amide bonds. The Labute approximate surface area is 106 Å². The van der Waals surface area contributed by atoms with Crippen molar-refractivity contribution in [1.82, 2.24) is 5.32 Å². The molecule has 1 heterocycles. The van der Waals surface area contributed by atoms with E-state index in [4.69, 9.17) is 4.74 Å². The van der Waals surface area contributed by atoms with Gasteiger partial charge in [-0.2, -0.15) is 0 Å². The van der Waals surface area contributed by atoms with Gasteiger partial charge < -0.3 is 20.1 Å². The van der Waals surface area contributed by atoms with Gasteiger partial charge in [0.25, 0.3) is 0 Å². The minimum Gasteiger partial charge on any atom is -0.393 e. The number of rotatable bonds is 4. The second-order valence-corrected chi connectivity index (χ2v) is 4.35. The highest BCUT2D eigenvalue weighted by Crippen LogP contribution is 2.25. The Morgan fingerprint density at radius 2 is 2.17 bits per heavy atom. The van der Waals surface area contributed by atoms with Crippen LogP contribution in [0.4, 0.5) is 10.1 Å². The first-order valence-electron chi connectivity index (χ1n) is 6.15. The highest BCUT2D eigenvalue weighted by atomic mass is 19.1. The molecular weight excluding hydrogens is 235 g/mol. The first kappa shape index (κ1) is 13.3. The van der Waals surface area contributed by atoms with Gasteiger partial charge in [-0.3, -0.25) is 0 Å². The molecule has 0 aromatic heterocycles. The number of nitrogens with zero attached hydrogens (tertiary/aromatic N) is 1. The lowest BCUT2D eigenvalue weighted by Crippen LogP contribution is -2.43. The summed E-state index contributed by atoms with van der Waals surface area (Å²) >= 11 is 0. The number of hydrogen-bond acceptors (Lipinski definition) is 4. The Bertz CT molecular complexity index is 391. The largest absolute Gasteiger partial charge is 0.393 e. The molecule has 100 valence electrons. The van der Waals surface area contributed by atoms with Gasteiger partial charge in [0.15, 0.2) is 0 Å². The topological polar surface area (TPSA) is 44.7 Å². The van der Waals surface area contributed by atoms with Crippen molar-refractivity contribution in [3.63, 3.8) is 0 Å². The zero-order chi connectivity index (χ0) is 13.0. The highest BCUT2D eigenvalue weighted by molar-refractivity contribution is 5.51. The molecule has 1 saturated heterocycles. The van der Waals surface area contributed by atoms with Crippen LogP contribution >= 0.6 is 0 Å². The number of benzene rings is 1. The van der Waals surface area contributed by atoms with Gasteiger partial charge in [-0.1, -0.05) is 6.07 Å². The number of methoxy groups -OCH3 is 1. The van der Waals surface area contributed by atoms with Gasteiger partial charge in [-0.15, -0.1) is 0 Å². The molecule has 1 aromatic carbocycles. The van der Waals surface area contributed by atoms with E-state index in [0.29, 0.717) is 5.69 Å². The van der Waals surface area contributed by atoms with Gasteiger partial charge in [-0.25, -0.2) is 4.39 Å². The summed E-state index contributed by atoms with van der Waals surface area (Å²) in [6, 6.07) is 4.87. The SMILES string of the molecule is COC(CO)c1ccc(F)c(N2CCNCC2)c1. The monoisotopic (exact) mass is 254 g/mol. The average molecular weight is 254 g/mol. The first-order chi connectivity index (χ1) is 8.76. The summed E-state index contributed by atoms with van der Waals surface area (Å²) in [4.78, 5) is 2.01. The third kappa shape index (κ3) is 2.80. The van der Waals surface area contributed by atoms with E-state index in [-0.39, 0.29) is 12.4 Å². The van der Waals surface area contributed by atoms with Crippen molar-refractivity contribution < 1.29 is 14.2 Å². The zero-order valence-electron chi connectivity index (χ0n) is 10.5. The molecule has 4 nitrogen and oxygen atoms in total. The Morgan fingerprint density at radius 1 is 1.44 bits per heavy atom. The van der Waals surface area contributed by atoms with Gasteiger partial charge in [0.2, 0.25) is 0 Å². The minimum atomic E-state index is -0.396. The molecular formula is C13H19FN2O2. The van der Waals surface area contributed by atoms with Crippen LogP contribution in [0.5, 0.6) is 0 Å². The molecule has 0 bridgehead atoms. The molecule has 5 heteroatoms. The number of halogens is 1. The van der Waals surface area contributed by atoms with E-state index in [1.165, 1.54) is 13.2 Å². The van der Waals surface area contributed by atoms with Gasteiger partial charge in [0.1, 0.15) is 11.9 Å². The smallest absolute Gasteiger partial charge is 0.146 e. The van der Waals surface area contributed by atoms with Crippen LogP contribution < -0.4 is 10.2 Å². The molecule has 1 unspecified atom stereocenters. The van der Waals surface area contributed by atoms with Crippen molar-refractivity contribution in [3.05, 3.63) is 29.6 Å². The summed E-state index contributed by atoms with van der Waals surface area (Å²) < 4.78 is 19.0. The van der Waals surface area contributed by atoms with Crippen molar-refractivity contribution in [2.45, 2.75) is 6.10 Å². The molecule has 1 fully saturated rings. The van der Waals surface area contributed by atoms with Crippen LogP contribution in [-0.4, -0.2) is 45.0 Å². The Balaban J connectivity index is 2.25. The van der Waals surface area contributed by atoms with Crippen molar-refractivity contribution in [2.75, 3.05) is 44.8 Å². The number of aliphatic hydroxyl groups excluding tert-OH is 1. The maximum atomic E-state index is 13.9. The third-order valence-corrected chi connectivity index (χ3v) is 3.25. The predicted octanol–water partition coefficient (Wildman–Crippen LogP) is 0.915. The zero-order valence-corrected chi connectivity index (χ0v) is 10.5. The summed E-state index contributed by atoms with van der Waals surface area (Å²) in [7, 11) is 1.54. The molecule has 0 spiro atoms. The lowest BCUT2D eigenvalue weighted by molar-refractivity contribution is 0.0484. The normalized spacial score (nSPS) is 17.8. The summed E-state index contributed by atoms with van der Waals surface area (Å²) in [6.45, 7) is 3.19. The van der Waals surface area contributed by atoms with Crippen LogP contribution in [0.15, 0.2) is 18.2 Å². The van der Waals surface area contributed by atoms with E-state index < -0.39 is 6.10 Å². The number of ether oxygens (including phenoxy) is 1. The lowest BCUT2D eigenvalue weighted by atomic mass is 10.1. The fourth-order valence-corrected chi connectivity index (χ4v) is 2.19. The van der Waals surface area contributed by atoms with E-state index in [1.54, 1.807) is 12.1 Å². The van der Waals surface area contributed by atoms with Crippen molar-refractivity contribution >= 4 is 5.69 Å². The van der Waals surface area contributed by atoms with E-state index in [1.807, 2.05) is 4.90 Å².